The Morgan fingerprint density at radius 3 is 2.64 bits per heavy atom. The van der Waals surface area contributed by atoms with Crippen LogP contribution in [0.4, 0.5) is 0 Å². The van der Waals surface area contributed by atoms with Crippen LogP contribution in [0.5, 0.6) is 5.75 Å². The minimum absolute atomic E-state index is 0. The van der Waals surface area contributed by atoms with Gasteiger partial charge in [-0.05, 0) is 39.3 Å². The maximum atomic E-state index is 11.5. The van der Waals surface area contributed by atoms with Crippen LogP contribution in [0.15, 0.2) is 36.7 Å². The number of ether oxygens (including phenoxy) is 1. The number of hydrogen-bond donors (Lipinski definition) is 2. The lowest BCUT2D eigenvalue weighted by atomic mass is 10.0. The quantitative estimate of drug-likeness (QED) is 0.604. The number of aryl methyl sites for hydroxylation is 1. The molecule has 2 N–H and O–H groups in total. The summed E-state index contributed by atoms with van der Waals surface area (Å²) in [6, 6.07) is 7.46. The average Bonchev–Trinajstić information content (AvgIpc) is 2.53. The maximum absolute atomic E-state index is 11.5. The first-order valence-electron chi connectivity index (χ1n) is 7.97. The topological polar surface area (TPSA) is 81.3 Å². The molecule has 0 fully saturated rings. The lowest BCUT2D eigenvalue weighted by molar-refractivity contribution is -0.668. The zero-order chi connectivity index (χ0) is 17.7. The second-order valence-corrected chi connectivity index (χ2v) is 6.86. The van der Waals surface area contributed by atoms with Gasteiger partial charge in [-0.1, -0.05) is 23.0 Å². The van der Waals surface area contributed by atoms with Gasteiger partial charge in [0.2, 0.25) is 6.20 Å². The molecular weight excluding hydrogens is 342 g/mol. The van der Waals surface area contributed by atoms with Gasteiger partial charge >= 0.3 is 0 Å². The van der Waals surface area contributed by atoms with Crippen molar-refractivity contribution in [3.05, 3.63) is 47.4 Å². The fraction of sp³-hybridized carbons (Fsp3) is 0.444. The van der Waals surface area contributed by atoms with Crippen LogP contribution in [0, 0.1) is 12.1 Å². The van der Waals surface area contributed by atoms with Gasteiger partial charge in [-0.15, -0.1) is 12.4 Å². The minimum atomic E-state index is -0.625. The summed E-state index contributed by atoms with van der Waals surface area (Å²) < 4.78 is 5.79. The molecule has 0 bridgehead atoms. The smallest absolute Gasteiger partial charge is 0.218 e. The highest BCUT2D eigenvalue weighted by Crippen LogP contribution is 2.30. The van der Waals surface area contributed by atoms with E-state index in [0.717, 1.165) is 16.7 Å². The van der Waals surface area contributed by atoms with Crippen molar-refractivity contribution in [2.75, 3.05) is 13.2 Å². The lowest BCUT2D eigenvalue weighted by Gasteiger charge is -2.23. The Hall–Kier alpha value is -1.89. The maximum Gasteiger partial charge on any atom is 0.218 e. The van der Waals surface area contributed by atoms with E-state index in [-0.39, 0.29) is 24.6 Å². The number of nitrogens with one attached hydrogen (secondary N) is 1. The molecule has 2 aromatic rings. The van der Waals surface area contributed by atoms with E-state index in [9.17, 15) is 10.3 Å². The molecule has 0 saturated heterocycles. The molecule has 0 saturated carbocycles. The average molecular weight is 368 g/mol. The summed E-state index contributed by atoms with van der Waals surface area (Å²) in [6.07, 6.45) is 2.33. The van der Waals surface area contributed by atoms with Gasteiger partial charge in [0.15, 0.2) is 0 Å². The molecule has 7 heteroatoms. The molecule has 138 valence electrons. The van der Waals surface area contributed by atoms with Crippen molar-refractivity contribution in [2.24, 2.45) is 0 Å². The molecule has 0 aliphatic carbocycles. The van der Waals surface area contributed by atoms with Crippen molar-refractivity contribution in [3.63, 3.8) is 0 Å². The van der Waals surface area contributed by atoms with E-state index in [2.05, 4.69) is 10.4 Å². The van der Waals surface area contributed by atoms with E-state index in [1.165, 1.54) is 12.4 Å². The molecule has 0 aliphatic heterocycles. The summed E-state index contributed by atoms with van der Waals surface area (Å²) in [5, 5.41) is 28.5. The van der Waals surface area contributed by atoms with Crippen LogP contribution in [-0.4, -0.2) is 35.0 Å². The summed E-state index contributed by atoms with van der Waals surface area (Å²) in [5.74, 6) is 0.626. The van der Waals surface area contributed by atoms with Crippen LogP contribution in [0.1, 0.15) is 26.3 Å². The Morgan fingerprint density at radius 1 is 1.28 bits per heavy atom. The number of rotatable bonds is 6. The lowest BCUT2D eigenvalue weighted by Crippen LogP contribution is -2.42. The second-order valence-electron chi connectivity index (χ2n) is 6.86. The molecule has 1 heterocycles. The van der Waals surface area contributed by atoms with Crippen molar-refractivity contribution in [1.82, 2.24) is 10.4 Å². The summed E-state index contributed by atoms with van der Waals surface area (Å²) in [5.41, 5.74) is 2.39. The fourth-order valence-corrected chi connectivity index (χ4v) is 2.22. The zero-order valence-electron chi connectivity index (χ0n) is 15.0. The van der Waals surface area contributed by atoms with Crippen LogP contribution < -0.4 is 14.9 Å². The SMILES string of the molecule is Cc1cn[n+]([O-])cc1-c1ccccc1OCC(O)CNC(C)(C)C.Cl. The van der Waals surface area contributed by atoms with Crippen molar-refractivity contribution < 1.29 is 14.7 Å². The first-order chi connectivity index (χ1) is 11.3. The van der Waals surface area contributed by atoms with Crippen LogP contribution in [0.25, 0.3) is 11.1 Å². The summed E-state index contributed by atoms with van der Waals surface area (Å²) in [4.78, 5) is 0.529. The molecule has 0 aliphatic rings. The van der Waals surface area contributed by atoms with Crippen molar-refractivity contribution in [1.29, 1.82) is 0 Å². The molecule has 1 aromatic heterocycles. The van der Waals surface area contributed by atoms with Gasteiger partial charge in [0.05, 0.1) is 11.8 Å². The number of halogens is 1. The van der Waals surface area contributed by atoms with Gasteiger partial charge in [-0.25, -0.2) is 0 Å². The highest BCUT2D eigenvalue weighted by Gasteiger charge is 2.15. The molecule has 1 aromatic carbocycles. The second kappa shape index (κ2) is 8.99. The molecule has 1 unspecified atom stereocenters. The Morgan fingerprint density at radius 2 is 1.96 bits per heavy atom. The number of aliphatic hydroxyl groups excluding tert-OH is 1. The largest absolute Gasteiger partial charge is 0.594 e. The third kappa shape index (κ3) is 6.49. The number of benzene rings is 1. The van der Waals surface area contributed by atoms with Crippen LogP contribution in [-0.2, 0) is 0 Å². The molecule has 6 nitrogen and oxygen atoms in total. The number of β-amino-alcohol motifs (C(OH)–C–C–N with tert-alkyl or cyclic N) is 1. The van der Waals surface area contributed by atoms with Crippen molar-refractivity contribution in [2.45, 2.75) is 39.3 Å². The number of para-hydroxylation sites is 1. The highest BCUT2D eigenvalue weighted by atomic mass is 35.5. The summed E-state index contributed by atoms with van der Waals surface area (Å²) >= 11 is 0. The third-order valence-corrected chi connectivity index (χ3v) is 3.51. The molecule has 1 atom stereocenters. The van der Waals surface area contributed by atoms with E-state index >= 15 is 0 Å². The van der Waals surface area contributed by atoms with Crippen LogP contribution in [0.3, 0.4) is 0 Å². The third-order valence-electron chi connectivity index (χ3n) is 3.51. The van der Waals surface area contributed by atoms with Crippen molar-refractivity contribution >= 4 is 12.4 Å². The first kappa shape index (κ1) is 21.2. The Balaban J connectivity index is 0.00000312. The van der Waals surface area contributed by atoms with Crippen LogP contribution in [0.2, 0.25) is 0 Å². The van der Waals surface area contributed by atoms with Gasteiger partial charge < -0.3 is 20.4 Å². The zero-order valence-corrected chi connectivity index (χ0v) is 15.8. The monoisotopic (exact) mass is 367 g/mol. The predicted molar refractivity (Wildman–Crippen MR) is 99.9 cm³/mol. The molecule has 0 amide bonds. The fourth-order valence-electron chi connectivity index (χ4n) is 2.22. The predicted octanol–water partition coefficient (Wildman–Crippen LogP) is 2.24. The first-order valence-corrected chi connectivity index (χ1v) is 7.97. The Bertz CT molecular complexity index is 690. The van der Waals surface area contributed by atoms with E-state index < -0.39 is 6.10 Å². The van der Waals surface area contributed by atoms with Gasteiger partial charge in [-0.3, -0.25) is 0 Å². The molecule has 0 radical (unpaired) electrons. The van der Waals surface area contributed by atoms with E-state index in [4.69, 9.17) is 4.74 Å². The van der Waals surface area contributed by atoms with Gasteiger partial charge in [0.1, 0.15) is 18.5 Å². The molecule has 25 heavy (non-hydrogen) atoms. The Kier molecular flexibility index (Phi) is 7.60. The van der Waals surface area contributed by atoms with E-state index in [0.29, 0.717) is 17.1 Å². The van der Waals surface area contributed by atoms with Crippen LogP contribution >= 0.6 is 12.4 Å². The number of hydrogen-bond acceptors (Lipinski definition) is 5. The molecule has 0 spiro atoms. The standard InChI is InChI=1S/C18H25N3O3.ClH/c1-13-9-20-21(23)11-16(13)15-7-5-6-8-17(15)24-12-14(22)10-19-18(2,3)4;/h5-9,11,14,19,22H,10,12H2,1-4H3;1H. The van der Waals surface area contributed by atoms with E-state index in [1.807, 2.05) is 52.0 Å². The summed E-state index contributed by atoms with van der Waals surface area (Å²) in [7, 11) is 0. The number of nitrogens with zero attached hydrogens (tertiary/aromatic N) is 2. The normalized spacial score (nSPS) is 12.4. The minimum Gasteiger partial charge on any atom is -0.594 e. The Labute approximate surface area is 154 Å². The van der Waals surface area contributed by atoms with Gasteiger partial charge in [-0.2, -0.15) is 0 Å². The highest BCUT2D eigenvalue weighted by molar-refractivity contribution is 5.85. The number of aromatic nitrogens is 2. The van der Waals surface area contributed by atoms with E-state index in [1.54, 1.807) is 0 Å². The van der Waals surface area contributed by atoms with Gasteiger partial charge in [0, 0.05) is 22.7 Å². The number of aliphatic hydroxyl groups is 1. The van der Waals surface area contributed by atoms with Gasteiger partial charge in [0.25, 0.3) is 0 Å². The van der Waals surface area contributed by atoms with Crippen molar-refractivity contribution in [3.8, 4) is 16.9 Å². The molecule has 2 rings (SSSR count). The molecular formula is C18H26ClN3O3. The summed E-state index contributed by atoms with van der Waals surface area (Å²) in [6.45, 7) is 8.63.